The molecule has 1 aromatic rings. The van der Waals surface area contributed by atoms with Gasteiger partial charge in [0.05, 0.1) is 12.0 Å². The van der Waals surface area contributed by atoms with Crippen LogP contribution >= 0.6 is 0 Å². The fourth-order valence-corrected chi connectivity index (χ4v) is 2.61. The zero-order chi connectivity index (χ0) is 13.5. The molecule has 2 rings (SSSR count). The summed E-state index contributed by atoms with van der Waals surface area (Å²) in [5, 5.41) is 12.8. The van der Waals surface area contributed by atoms with Gasteiger partial charge in [0.2, 0.25) is 0 Å². The van der Waals surface area contributed by atoms with Crippen LogP contribution in [0.5, 0.6) is 0 Å². The van der Waals surface area contributed by atoms with E-state index in [0.29, 0.717) is 12.0 Å². The van der Waals surface area contributed by atoms with Gasteiger partial charge in [0, 0.05) is 25.8 Å². The lowest BCUT2D eigenvalue weighted by atomic mass is 9.92. The van der Waals surface area contributed by atoms with Crippen molar-refractivity contribution in [1.29, 1.82) is 5.26 Å². The minimum Gasteiger partial charge on any atom is -0.381 e. The van der Waals surface area contributed by atoms with E-state index in [1.807, 2.05) is 30.3 Å². The number of benzene rings is 1. The molecule has 0 radical (unpaired) electrons. The Labute approximate surface area is 115 Å². The maximum absolute atomic E-state index is 9.29. The largest absolute Gasteiger partial charge is 0.381 e. The van der Waals surface area contributed by atoms with Crippen LogP contribution in [0.1, 0.15) is 31.2 Å². The fraction of sp³-hybridized carbons (Fsp3) is 0.562. The zero-order valence-corrected chi connectivity index (χ0v) is 11.5. The first-order valence-corrected chi connectivity index (χ1v) is 7.07. The van der Waals surface area contributed by atoms with Crippen LogP contribution in [0.4, 0.5) is 0 Å². The van der Waals surface area contributed by atoms with Gasteiger partial charge in [-0.2, -0.15) is 5.26 Å². The molecular weight excluding hydrogens is 236 g/mol. The van der Waals surface area contributed by atoms with Gasteiger partial charge in [-0.15, -0.1) is 0 Å². The van der Waals surface area contributed by atoms with Crippen LogP contribution < -0.4 is 5.32 Å². The molecular formula is C16H22N2O. The molecule has 1 heterocycles. The monoisotopic (exact) mass is 258 g/mol. The average molecular weight is 258 g/mol. The highest BCUT2D eigenvalue weighted by Crippen LogP contribution is 2.20. The number of ether oxygens (including phenoxy) is 1. The van der Waals surface area contributed by atoms with Crippen molar-refractivity contribution in [2.75, 3.05) is 19.8 Å². The van der Waals surface area contributed by atoms with Crippen molar-refractivity contribution in [3.63, 3.8) is 0 Å². The average Bonchev–Trinajstić information content (AvgIpc) is 2.49. The SMILES string of the molecule is CC(NCC(C#N)c1ccccc1)C1CCOCC1. The third-order valence-corrected chi connectivity index (χ3v) is 3.97. The molecule has 3 heteroatoms. The van der Waals surface area contributed by atoms with Gasteiger partial charge < -0.3 is 10.1 Å². The number of hydrogen-bond donors (Lipinski definition) is 1. The number of nitrogens with zero attached hydrogens (tertiary/aromatic N) is 1. The quantitative estimate of drug-likeness (QED) is 0.883. The summed E-state index contributed by atoms with van der Waals surface area (Å²) in [7, 11) is 0. The van der Waals surface area contributed by atoms with E-state index >= 15 is 0 Å². The van der Waals surface area contributed by atoms with Crippen LogP contribution in [0.25, 0.3) is 0 Å². The Bertz CT molecular complexity index is 407. The molecule has 3 nitrogen and oxygen atoms in total. The van der Waals surface area contributed by atoms with Gasteiger partial charge in [0.15, 0.2) is 0 Å². The summed E-state index contributed by atoms with van der Waals surface area (Å²) in [4.78, 5) is 0. The highest BCUT2D eigenvalue weighted by molar-refractivity contribution is 5.25. The Morgan fingerprint density at radius 3 is 2.63 bits per heavy atom. The summed E-state index contributed by atoms with van der Waals surface area (Å²) >= 11 is 0. The van der Waals surface area contributed by atoms with E-state index < -0.39 is 0 Å². The molecule has 0 saturated carbocycles. The molecule has 1 aromatic carbocycles. The van der Waals surface area contributed by atoms with Crippen molar-refractivity contribution in [1.82, 2.24) is 5.32 Å². The van der Waals surface area contributed by atoms with E-state index in [4.69, 9.17) is 4.74 Å². The summed E-state index contributed by atoms with van der Waals surface area (Å²) in [5.41, 5.74) is 1.09. The Hall–Kier alpha value is -1.37. The molecule has 2 unspecified atom stereocenters. The first-order chi connectivity index (χ1) is 9.31. The lowest BCUT2D eigenvalue weighted by Crippen LogP contribution is -2.38. The first kappa shape index (κ1) is 14.0. The van der Waals surface area contributed by atoms with Crippen molar-refractivity contribution in [3.05, 3.63) is 35.9 Å². The smallest absolute Gasteiger partial charge is 0.0837 e. The van der Waals surface area contributed by atoms with Crippen LogP contribution in [-0.2, 0) is 4.74 Å². The van der Waals surface area contributed by atoms with Gasteiger partial charge in [-0.25, -0.2) is 0 Å². The normalized spacial score (nSPS) is 19.6. The molecule has 19 heavy (non-hydrogen) atoms. The summed E-state index contributed by atoms with van der Waals surface area (Å²) in [6.07, 6.45) is 2.24. The number of rotatable bonds is 5. The number of nitrogens with one attached hydrogen (secondary N) is 1. The maximum atomic E-state index is 9.29. The molecule has 1 fully saturated rings. The Kier molecular flexibility index (Phi) is 5.38. The summed E-state index contributed by atoms with van der Waals surface area (Å²) in [6.45, 7) is 4.68. The molecule has 1 aliphatic heterocycles. The predicted octanol–water partition coefficient (Wildman–Crippen LogP) is 2.70. The standard InChI is InChI=1S/C16H22N2O/c1-13(14-7-9-19-10-8-14)18-12-16(11-17)15-5-3-2-4-6-15/h2-6,13-14,16,18H,7-10,12H2,1H3. The van der Waals surface area contributed by atoms with E-state index in [1.54, 1.807) is 0 Å². The molecule has 0 aromatic heterocycles. The van der Waals surface area contributed by atoms with Crippen LogP contribution in [-0.4, -0.2) is 25.8 Å². The Morgan fingerprint density at radius 1 is 1.32 bits per heavy atom. The van der Waals surface area contributed by atoms with E-state index in [2.05, 4.69) is 18.3 Å². The van der Waals surface area contributed by atoms with Crippen LogP contribution in [0.2, 0.25) is 0 Å². The minimum atomic E-state index is -0.0662. The van der Waals surface area contributed by atoms with Crippen LogP contribution in [0.15, 0.2) is 30.3 Å². The van der Waals surface area contributed by atoms with Gasteiger partial charge in [0.25, 0.3) is 0 Å². The van der Waals surface area contributed by atoms with E-state index in [9.17, 15) is 5.26 Å². The second-order valence-electron chi connectivity index (χ2n) is 5.24. The molecule has 102 valence electrons. The second-order valence-corrected chi connectivity index (χ2v) is 5.24. The van der Waals surface area contributed by atoms with Crippen molar-refractivity contribution in [2.24, 2.45) is 5.92 Å². The molecule has 0 aliphatic carbocycles. The van der Waals surface area contributed by atoms with Gasteiger partial charge in [-0.1, -0.05) is 30.3 Å². The molecule has 1 N–H and O–H groups in total. The first-order valence-electron chi connectivity index (χ1n) is 7.07. The van der Waals surface area contributed by atoms with Crippen molar-refractivity contribution in [3.8, 4) is 6.07 Å². The summed E-state index contributed by atoms with van der Waals surface area (Å²) < 4.78 is 5.39. The van der Waals surface area contributed by atoms with Gasteiger partial charge in [0.1, 0.15) is 0 Å². The molecule has 0 amide bonds. The lowest BCUT2D eigenvalue weighted by molar-refractivity contribution is 0.0560. The fourth-order valence-electron chi connectivity index (χ4n) is 2.61. The third kappa shape index (κ3) is 4.05. The highest BCUT2D eigenvalue weighted by atomic mass is 16.5. The van der Waals surface area contributed by atoms with Crippen LogP contribution in [0.3, 0.4) is 0 Å². The van der Waals surface area contributed by atoms with Gasteiger partial charge >= 0.3 is 0 Å². The Balaban J connectivity index is 1.84. The summed E-state index contributed by atoms with van der Waals surface area (Å²) in [5.74, 6) is 0.604. The van der Waals surface area contributed by atoms with Gasteiger partial charge in [-0.05, 0) is 31.2 Å². The molecule has 0 spiro atoms. The van der Waals surface area contributed by atoms with Crippen molar-refractivity contribution < 1.29 is 4.74 Å². The van der Waals surface area contributed by atoms with Crippen LogP contribution in [0, 0.1) is 17.2 Å². The van der Waals surface area contributed by atoms with Gasteiger partial charge in [-0.3, -0.25) is 0 Å². The zero-order valence-electron chi connectivity index (χ0n) is 11.5. The van der Waals surface area contributed by atoms with Crippen molar-refractivity contribution in [2.45, 2.75) is 31.7 Å². The number of hydrogen-bond acceptors (Lipinski definition) is 3. The van der Waals surface area contributed by atoms with Crippen molar-refractivity contribution >= 4 is 0 Å². The second kappa shape index (κ2) is 7.28. The minimum absolute atomic E-state index is 0.0662. The topological polar surface area (TPSA) is 45.0 Å². The summed E-state index contributed by atoms with van der Waals surface area (Å²) in [6, 6.07) is 12.8. The van der Waals surface area contributed by atoms with E-state index in [1.165, 1.54) is 0 Å². The van der Waals surface area contributed by atoms with E-state index in [0.717, 1.165) is 38.2 Å². The maximum Gasteiger partial charge on any atom is 0.0837 e. The predicted molar refractivity (Wildman–Crippen MR) is 75.8 cm³/mol. The number of nitriles is 1. The third-order valence-electron chi connectivity index (χ3n) is 3.97. The van der Waals surface area contributed by atoms with E-state index in [-0.39, 0.29) is 5.92 Å². The Morgan fingerprint density at radius 2 is 2.00 bits per heavy atom. The molecule has 1 aliphatic rings. The highest BCUT2D eigenvalue weighted by Gasteiger charge is 2.21. The lowest BCUT2D eigenvalue weighted by Gasteiger charge is -2.29. The molecule has 0 bridgehead atoms. The molecule has 2 atom stereocenters. The molecule has 1 saturated heterocycles.